The van der Waals surface area contributed by atoms with Crippen molar-refractivity contribution in [3.8, 4) is 0 Å². The maximum absolute atomic E-state index is 13.1. The van der Waals surface area contributed by atoms with E-state index in [1.807, 2.05) is 26.0 Å². The smallest absolute Gasteiger partial charge is 0.243 e. The van der Waals surface area contributed by atoms with Crippen LogP contribution in [0.1, 0.15) is 44.2 Å². The molecule has 0 saturated carbocycles. The van der Waals surface area contributed by atoms with Gasteiger partial charge in [0.15, 0.2) is 0 Å². The highest BCUT2D eigenvalue weighted by Crippen LogP contribution is 2.26. The van der Waals surface area contributed by atoms with Crippen LogP contribution in [0.5, 0.6) is 0 Å². The van der Waals surface area contributed by atoms with Crippen molar-refractivity contribution in [2.45, 2.75) is 56.9 Å². The van der Waals surface area contributed by atoms with Gasteiger partial charge in [0.05, 0.1) is 10.9 Å². The molecule has 0 radical (unpaired) electrons. The molecule has 3 rings (SSSR count). The van der Waals surface area contributed by atoms with Crippen molar-refractivity contribution < 1.29 is 13.2 Å². The molecular weight excluding hydrogens is 362 g/mol. The van der Waals surface area contributed by atoms with Crippen LogP contribution >= 0.6 is 0 Å². The Bertz CT molecular complexity index is 771. The Hall–Kier alpha value is -1.44. The Morgan fingerprint density at radius 1 is 1.11 bits per heavy atom. The molecule has 1 heterocycles. The predicted octanol–water partition coefficient (Wildman–Crippen LogP) is 1.79. The second kappa shape index (κ2) is 8.71. The molecule has 0 aromatic heterocycles. The molecular formula is C20H31N3O3S. The molecule has 150 valence electrons. The highest BCUT2D eigenvalue weighted by molar-refractivity contribution is 7.89. The summed E-state index contributed by atoms with van der Waals surface area (Å²) >= 11 is 0. The Morgan fingerprint density at radius 3 is 2.44 bits per heavy atom. The first kappa shape index (κ1) is 20.3. The minimum atomic E-state index is -3.47. The fourth-order valence-corrected chi connectivity index (χ4v) is 5.39. The van der Waals surface area contributed by atoms with Gasteiger partial charge in [0.25, 0.3) is 0 Å². The first-order valence-corrected chi connectivity index (χ1v) is 11.5. The molecule has 1 aromatic rings. The van der Waals surface area contributed by atoms with Gasteiger partial charge in [0.1, 0.15) is 0 Å². The van der Waals surface area contributed by atoms with Crippen LogP contribution in [-0.4, -0.2) is 62.3 Å². The zero-order chi connectivity index (χ0) is 19.4. The van der Waals surface area contributed by atoms with E-state index in [0.717, 1.165) is 25.7 Å². The van der Waals surface area contributed by atoms with Crippen molar-refractivity contribution in [1.29, 1.82) is 0 Å². The summed E-state index contributed by atoms with van der Waals surface area (Å²) in [5, 5.41) is 2.91. The van der Waals surface area contributed by atoms with Crippen molar-refractivity contribution in [3.05, 3.63) is 29.3 Å². The van der Waals surface area contributed by atoms with Crippen LogP contribution in [0.4, 0.5) is 0 Å². The van der Waals surface area contributed by atoms with Crippen molar-refractivity contribution in [1.82, 2.24) is 14.5 Å². The molecule has 1 saturated heterocycles. The number of nitrogens with zero attached hydrogens (tertiary/aromatic N) is 2. The van der Waals surface area contributed by atoms with Gasteiger partial charge in [-0.2, -0.15) is 4.31 Å². The van der Waals surface area contributed by atoms with Crippen molar-refractivity contribution in [3.63, 3.8) is 0 Å². The van der Waals surface area contributed by atoms with Gasteiger partial charge < -0.3 is 5.32 Å². The molecule has 1 aliphatic heterocycles. The second-order valence-corrected chi connectivity index (χ2v) is 9.48. The van der Waals surface area contributed by atoms with Crippen LogP contribution in [0, 0.1) is 0 Å². The molecule has 1 fully saturated rings. The Labute approximate surface area is 163 Å². The maximum Gasteiger partial charge on any atom is 0.243 e. The summed E-state index contributed by atoms with van der Waals surface area (Å²) in [7, 11) is -3.47. The minimum Gasteiger partial charge on any atom is -0.355 e. The fourth-order valence-electron chi connectivity index (χ4n) is 3.91. The molecule has 1 amide bonds. The zero-order valence-electron chi connectivity index (χ0n) is 16.4. The molecule has 1 N–H and O–H groups in total. The maximum atomic E-state index is 13.1. The van der Waals surface area contributed by atoms with Crippen LogP contribution in [0.25, 0.3) is 0 Å². The van der Waals surface area contributed by atoms with Gasteiger partial charge in [-0.05, 0) is 62.3 Å². The number of carbonyl (C=O) groups excluding carboxylic acids is 1. The van der Waals surface area contributed by atoms with Crippen LogP contribution in [0.15, 0.2) is 23.1 Å². The molecule has 1 unspecified atom stereocenters. The largest absolute Gasteiger partial charge is 0.355 e. The van der Waals surface area contributed by atoms with Gasteiger partial charge >= 0.3 is 0 Å². The molecule has 0 bridgehead atoms. The van der Waals surface area contributed by atoms with Crippen molar-refractivity contribution in [2.75, 3.05) is 32.7 Å². The number of piperazine rings is 1. The summed E-state index contributed by atoms with van der Waals surface area (Å²) in [6, 6.07) is 5.38. The van der Waals surface area contributed by atoms with Crippen molar-refractivity contribution >= 4 is 15.9 Å². The van der Waals surface area contributed by atoms with E-state index in [-0.39, 0.29) is 11.9 Å². The summed E-state index contributed by atoms with van der Waals surface area (Å²) in [4.78, 5) is 14.6. The lowest BCUT2D eigenvalue weighted by Gasteiger charge is -2.36. The van der Waals surface area contributed by atoms with Crippen LogP contribution < -0.4 is 5.32 Å². The molecule has 1 aliphatic carbocycles. The number of sulfonamides is 1. The molecule has 27 heavy (non-hydrogen) atoms. The van der Waals surface area contributed by atoms with Gasteiger partial charge in [0.2, 0.25) is 15.9 Å². The Balaban J connectivity index is 1.64. The van der Waals surface area contributed by atoms with Gasteiger partial charge in [-0.3, -0.25) is 9.69 Å². The number of hydrogen-bond donors (Lipinski definition) is 1. The molecule has 2 aliphatic rings. The van der Waals surface area contributed by atoms with Crippen LogP contribution in [-0.2, 0) is 27.7 Å². The molecule has 1 atom stereocenters. The topological polar surface area (TPSA) is 69.7 Å². The SMILES string of the molecule is CCCNC(=O)C(C)N1CCN(S(=O)(=O)c2ccc3c(c2)CCCC3)CC1. The van der Waals surface area contributed by atoms with Crippen LogP contribution in [0.2, 0.25) is 0 Å². The van der Waals surface area contributed by atoms with E-state index < -0.39 is 10.0 Å². The third-order valence-electron chi connectivity index (χ3n) is 5.71. The normalized spacial score (nSPS) is 20.1. The van der Waals surface area contributed by atoms with E-state index in [4.69, 9.17) is 0 Å². The summed E-state index contributed by atoms with van der Waals surface area (Å²) in [5.41, 5.74) is 2.47. The van der Waals surface area contributed by atoms with Gasteiger partial charge in [-0.15, -0.1) is 0 Å². The lowest BCUT2D eigenvalue weighted by Crippen LogP contribution is -2.54. The standard InChI is InChI=1S/C20H31N3O3S/c1-3-10-21-20(24)16(2)22-11-13-23(14-12-22)27(25,26)19-9-8-17-6-4-5-7-18(17)15-19/h8-9,15-16H,3-7,10-14H2,1-2H3,(H,21,24). The average molecular weight is 394 g/mol. The summed E-state index contributed by atoms with van der Waals surface area (Å²) in [6.07, 6.45) is 5.24. The highest BCUT2D eigenvalue weighted by Gasteiger charge is 2.32. The fraction of sp³-hybridized carbons (Fsp3) is 0.650. The van der Waals surface area contributed by atoms with Crippen molar-refractivity contribution in [2.24, 2.45) is 0 Å². The quantitative estimate of drug-likeness (QED) is 0.800. The van der Waals surface area contributed by atoms with E-state index in [1.54, 1.807) is 10.4 Å². The third kappa shape index (κ3) is 4.52. The minimum absolute atomic E-state index is 0.0165. The molecule has 6 nitrogen and oxygen atoms in total. The third-order valence-corrected chi connectivity index (χ3v) is 7.60. The number of rotatable bonds is 6. The summed E-state index contributed by atoms with van der Waals surface area (Å²) in [6.45, 7) is 6.58. The molecule has 0 spiro atoms. The average Bonchev–Trinajstić information content (AvgIpc) is 2.71. The highest BCUT2D eigenvalue weighted by atomic mass is 32.2. The monoisotopic (exact) mass is 393 g/mol. The number of carbonyl (C=O) groups is 1. The number of benzene rings is 1. The summed E-state index contributed by atoms with van der Waals surface area (Å²) in [5.74, 6) is 0.0165. The van der Waals surface area contributed by atoms with E-state index in [9.17, 15) is 13.2 Å². The Morgan fingerprint density at radius 2 is 1.78 bits per heavy atom. The lowest BCUT2D eigenvalue weighted by atomic mass is 9.92. The number of fused-ring (bicyclic) bond motifs is 1. The summed E-state index contributed by atoms with van der Waals surface area (Å²) < 4.78 is 27.7. The number of aryl methyl sites for hydroxylation is 2. The molecule has 1 aromatic carbocycles. The molecule has 7 heteroatoms. The van der Waals surface area contributed by atoms with Gasteiger partial charge in [-0.25, -0.2) is 8.42 Å². The van der Waals surface area contributed by atoms with E-state index in [2.05, 4.69) is 10.2 Å². The van der Waals surface area contributed by atoms with Gasteiger partial charge in [-0.1, -0.05) is 13.0 Å². The van der Waals surface area contributed by atoms with Crippen LogP contribution in [0.3, 0.4) is 0 Å². The lowest BCUT2D eigenvalue weighted by molar-refractivity contribution is -0.126. The number of hydrogen-bond acceptors (Lipinski definition) is 4. The number of nitrogens with one attached hydrogen (secondary N) is 1. The van der Waals surface area contributed by atoms with Gasteiger partial charge in [0, 0.05) is 32.7 Å². The van der Waals surface area contributed by atoms with E-state index >= 15 is 0 Å². The van der Waals surface area contributed by atoms with E-state index in [0.29, 0.717) is 37.6 Å². The zero-order valence-corrected chi connectivity index (χ0v) is 17.2. The predicted molar refractivity (Wildman–Crippen MR) is 106 cm³/mol. The Kier molecular flexibility index (Phi) is 6.55. The first-order chi connectivity index (χ1) is 12.9. The first-order valence-electron chi connectivity index (χ1n) is 10.1. The van der Waals surface area contributed by atoms with E-state index in [1.165, 1.54) is 17.5 Å². The number of amides is 1. The second-order valence-electron chi connectivity index (χ2n) is 7.54.